The fourth-order valence-corrected chi connectivity index (χ4v) is 1.62. The molecule has 0 unspecified atom stereocenters. The molecule has 0 bridgehead atoms. The Balaban J connectivity index is 2.72. The van der Waals surface area contributed by atoms with E-state index in [-0.39, 0.29) is 5.71 Å². The first kappa shape index (κ1) is 14.4. The lowest BCUT2D eigenvalue weighted by molar-refractivity contribution is -0.114. The molecule has 6 heteroatoms. The van der Waals surface area contributed by atoms with Crippen molar-refractivity contribution in [3.63, 3.8) is 0 Å². The minimum atomic E-state index is -0.460. The van der Waals surface area contributed by atoms with Crippen molar-refractivity contribution in [1.82, 2.24) is 5.32 Å². The second-order valence-electron chi connectivity index (χ2n) is 3.42. The van der Waals surface area contributed by atoms with E-state index in [0.29, 0.717) is 6.54 Å². The van der Waals surface area contributed by atoms with Crippen molar-refractivity contribution < 1.29 is 4.79 Å². The van der Waals surface area contributed by atoms with Crippen molar-refractivity contribution in [3.8, 4) is 6.07 Å². The summed E-state index contributed by atoms with van der Waals surface area (Å²) in [6.07, 6.45) is 0.814. The Morgan fingerprint density at radius 2 is 2.22 bits per heavy atom. The molecule has 0 heterocycles. The van der Waals surface area contributed by atoms with E-state index in [4.69, 9.17) is 5.26 Å². The summed E-state index contributed by atoms with van der Waals surface area (Å²) < 4.78 is 0.963. The molecule has 1 amide bonds. The van der Waals surface area contributed by atoms with E-state index in [2.05, 4.69) is 38.4 Å². The molecule has 1 aromatic rings. The highest BCUT2D eigenvalue weighted by Crippen LogP contribution is 2.16. The topological polar surface area (TPSA) is 77.3 Å². The van der Waals surface area contributed by atoms with E-state index < -0.39 is 5.91 Å². The monoisotopic (exact) mass is 356 g/mol. The SMILES string of the molecule is CCCNC(=O)/C(C#N)=N/Nc1ccccc1I. The quantitative estimate of drug-likeness (QED) is 0.482. The molecule has 5 nitrogen and oxygen atoms in total. The van der Waals surface area contributed by atoms with Gasteiger partial charge >= 0.3 is 0 Å². The number of benzene rings is 1. The Morgan fingerprint density at radius 1 is 1.50 bits per heavy atom. The van der Waals surface area contributed by atoms with Gasteiger partial charge in [0.2, 0.25) is 5.71 Å². The fraction of sp³-hybridized carbons (Fsp3) is 0.250. The van der Waals surface area contributed by atoms with E-state index >= 15 is 0 Å². The highest BCUT2D eigenvalue weighted by Gasteiger charge is 2.09. The van der Waals surface area contributed by atoms with Crippen molar-refractivity contribution in [1.29, 1.82) is 5.26 Å². The van der Waals surface area contributed by atoms with Crippen molar-refractivity contribution >= 4 is 39.9 Å². The Kier molecular flexibility index (Phi) is 6.14. The highest BCUT2D eigenvalue weighted by atomic mass is 127. The third-order valence-corrected chi connectivity index (χ3v) is 2.96. The molecule has 0 aliphatic carbocycles. The Hall–Kier alpha value is -1.62. The number of halogens is 1. The number of hydrogen-bond donors (Lipinski definition) is 2. The molecule has 1 aromatic carbocycles. The van der Waals surface area contributed by atoms with E-state index in [0.717, 1.165) is 15.7 Å². The van der Waals surface area contributed by atoms with Crippen LogP contribution in [0.15, 0.2) is 29.4 Å². The van der Waals surface area contributed by atoms with E-state index in [1.165, 1.54) is 0 Å². The van der Waals surface area contributed by atoms with Crippen LogP contribution in [0, 0.1) is 14.9 Å². The van der Waals surface area contributed by atoms with Gasteiger partial charge in [-0.25, -0.2) is 0 Å². The maximum absolute atomic E-state index is 11.5. The van der Waals surface area contributed by atoms with Gasteiger partial charge in [0.05, 0.1) is 5.69 Å². The lowest BCUT2D eigenvalue weighted by Gasteiger charge is -2.04. The summed E-state index contributed by atoms with van der Waals surface area (Å²) in [6, 6.07) is 9.25. The van der Waals surface area contributed by atoms with Gasteiger partial charge < -0.3 is 5.32 Å². The molecule has 0 saturated carbocycles. The van der Waals surface area contributed by atoms with Gasteiger partial charge in [-0.2, -0.15) is 10.4 Å². The maximum atomic E-state index is 11.5. The molecule has 1 rings (SSSR count). The number of hydrogen-bond acceptors (Lipinski definition) is 4. The number of nitriles is 1. The third-order valence-electron chi connectivity index (χ3n) is 2.02. The second-order valence-corrected chi connectivity index (χ2v) is 4.58. The average Bonchev–Trinajstić information content (AvgIpc) is 2.39. The molecule has 0 aromatic heterocycles. The zero-order chi connectivity index (χ0) is 13.4. The predicted molar refractivity (Wildman–Crippen MR) is 79.1 cm³/mol. The first-order valence-corrected chi connectivity index (χ1v) is 6.53. The normalized spacial score (nSPS) is 10.6. The molecular formula is C12H13IN4O. The van der Waals surface area contributed by atoms with Crippen molar-refractivity contribution in [2.45, 2.75) is 13.3 Å². The number of rotatable bonds is 5. The minimum absolute atomic E-state index is 0.178. The summed E-state index contributed by atoms with van der Waals surface area (Å²) in [5.74, 6) is -0.460. The van der Waals surface area contributed by atoms with Gasteiger partial charge in [0.25, 0.3) is 5.91 Å². The van der Waals surface area contributed by atoms with Crippen LogP contribution in [-0.2, 0) is 4.79 Å². The standard InChI is InChI=1S/C12H13IN4O/c1-2-7-15-12(18)11(8-14)17-16-10-6-4-3-5-9(10)13/h3-6,16H,2,7H2,1H3,(H,15,18)/b17-11+. The van der Waals surface area contributed by atoms with Gasteiger partial charge in [0, 0.05) is 10.1 Å². The van der Waals surface area contributed by atoms with Gasteiger partial charge in [-0.15, -0.1) is 0 Å². The zero-order valence-corrected chi connectivity index (χ0v) is 12.1. The molecular weight excluding hydrogens is 343 g/mol. The highest BCUT2D eigenvalue weighted by molar-refractivity contribution is 14.1. The van der Waals surface area contributed by atoms with Crippen LogP contribution in [-0.4, -0.2) is 18.2 Å². The molecule has 0 radical (unpaired) electrons. The van der Waals surface area contributed by atoms with E-state index in [9.17, 15) is 4.79 Å². The molecule has 2 N–H and O–H groups in total. The zero-order valence-electron chi connectivity index (χ0n) is 9.90. The second kappa shape index (κ2) is 7.66. The third kappa shape index (κ3) is 4.33. The molecule has 0 spiro atoms. The fourth-order valence-electron chi connectivity index (χ4n) is 1.12. The summed E-state index contributed by atoms with van der Waals surface area (Å²) in [5.41, 5.74) is 3.30. The number of nitrogens with zero attached hydrogens (tertiary/aromatic N) is 2. The summed E-state index contributed by atoms with van der Waals surface area (Å²) >= 11 is 2.14. The van der Waals surface area contributed by atoms with Crippen LogP contribution in [0.25, 0.3) is 0 Å². The Bertz CT molecular complexity index is 493. The van der Waals surface area contributed by atoms with Crippen LogP contribution in [0.2, 0.25) is 0 Å². The lowest BCUT2D eigenvalue weighted by atomic mass is 10.3. The number of anilines is 1. The number of carbonyl (C=O) groups excluding carboxylic acids is 1. The number of amides is 1. The Morgan fingerprint density at radius 3 is 2.83 bits per heavy atom. The lowest BCUT2D eigenvalue weighted by Crippen LogP contribution is -2.31. The minimum Gasteiger partial charge on any atom is -0.350 e. The number of nitrogens with one attached hydrogen (secondary N) is 2. The molecule has 0 fully saturated rings. The summed E-state index contributed by atoms with van der Waals surface area (Å²) in [7, 11) is 0. The van der Waals surface area contributed by atoms with Crippen molar-refractivity contribution in [3.05, 3.63) is 27.8 Å². The largest absolute Gasteiger partial charge is 0.350 e. The van der Waals surface area contributed by atoms with Crippen LogP contribution in [0.3, 0.4) is 0 Å². The van der Waals surface area contributed by atoms with Crippen LogP contribution in [0.4, 0.5) is 5.69 Å². The van der Waals surface area contributed by atoms with Gasteiger partial charge in [0.1, 0.15) is 6.07 Å². The summed E-state index contributed by atoms with van der Waals surface area (Å²) in [6.45, 7) is 2.47. The molecule has 18 heavy (non-hydrogen) atoms. The van der Waals surface area contributed by atoms with Crippen LogP contribution in [0.1, 0.15) is 13.3 Å². The van der Waals surface area contributed by atoms with Crippen LogP contribution in [0.5, 0.6) is 0 Å². The molecule has 0 aliphatic heterocycles. The summed E-state index contributed by atoms with van der Waals surface area (Å²) in [4.78, 5) is 11.5. The summed E-state index contributed by atoms with van der Waals surface area (Å²) in [5, 5.41) is 15.3. The van der Waals surface area contributed by atoms with Crippen LogP contribution >= 0.6 is 22.6 Å². The van der Waals surface area contributed by atoms with Gasteiger partial charge in [-0.3, -0.25) is 10.2 Å². The van der Waals surface area contributed by atoms with Crippen LogP contribution < -0.4 is 10.7 Å². The van der Waals surface area contributed by atoms with Crippen molar-refractivity contribution in [2.75, 3.05) is 12.0 Å². The van der Waals surface area contributed by atoms with E-state index in [1.807, 2.05) is 31.2 Å². The van der Waals surface area contributed by atoms with Gasteiger partial charge in [-0.05, 0) is 41.1 Å². The number of para-hydroxylation sites is 1. The number of carbonyl (C=O) groups is 1. The smallest absolute Gasteiger partial charge is 0.282 e. The Labute approximate surface area is 119 Å². The van der Waals surface area contributed by atoms with Gasteiger partial charge in [0.15, 0.2) is 0 Å². The van der Waals surface area contributed by atoms with Gasteiger partial charge in [-0.1, -0.05) is 19.1 Å². The maximum Gasteiger partial charge on any atom is 0.282 e. The first-order valence-electron chi connectivity index (χ1n) is 5.45. The van der Waals surface area contributed by atoms with E-state index in [1.54, 1.807) is 6.07 Å². The van der Waals surface area contributed by atoms with Crippen molar-refractivity contribution in [2.24, 2.45) is 5.10 Å². The number of hydrazone groups is 1. The predicted octanol–water partition coefficient (Wildman–Crippen LogP) is 2.11. The molecule has 0 atom stereocenters. The molecule has 0 saturated heterocycles. The molecule has 0 aliphatic rings. The molecule has 94 valence electrons. The average molecular weight is 356 g/mol. The first-order chi connectivity index (χ1) is 8.69.